The summed E-state index contributed by atoms with van der Waals surface area (Å²) in [6, 6.07) is 5.78. The van der Waals surface area contributed by atoms with E-state index in [1.54, 1.807) is 10.9 Å². The highest BCUT2D eigenvalue weighted by Gasteiger charge is 2.08. The SMILES string of the molecule is CCCc1n[nH]c(=S)n1/N=C\c1ccc(OCC(C)C)c(OCC)c1. The van der Waals surface area contributed by atoms with Crippen LogP contribution in [-0.4, -0.2) is 34.3 Å². The Hall–Kier alpha value is -2.15. The van der Waals surface area contributed by atoms with Gasteiger partial charge in [0.25, 0.3) is 0 Å². The summed E-state index contributed by atoms with van der Waals surface area (Å²) < 4.78 is 13.7. The van der Waals surface area contributed by atoms with E-state index in [1.807, 2.05) is 25.1 Å². The lowest BCUT2D eigenvalue weighted by Gasteiger charge is -2.13. The maximum absolute atomic E-state index is 5.82. The second-order valence-electron chi connectivity index (χ2n) is 6.10. The first-order chi connectivity index (χ1) is 12.0. The van der Waals surface area contributed by atoms with Gasteiger partial charge in [-0.05, 0) is 55.2 Å². The predicted octanol–water partition coefficient (Wildman–Crippen LogP) is 4.21. The number of hydrogen-bond donors (Lipinski definition) is 1. The molecule has 1 N–H and O–H groups in total. The minimum absolute atomic E-state index is 0.454. The topological polar surface area (TPSA) is 64.4 Å². The largest absolute Gasteiger partial charge is 0.490 e. The van der Waals surface area contributed by atoms with Gasteiger partial charge in [-0.2, -0.15) is 14.9 Å². The highest BCUT2D eigenvalue weighted by molar-refractivity contribution is 7.71. The Bertz CT molecular complexity index is 765. The molecule has 0 aliphatic carbocycles. The molecule has 0 aliphatic heterocycles. The molecule has 1 aromatic heterocycles. The van der Waals surface area contributed by atoms with Crippen LogP contribution in [0, 0.1) is 10.7 Å². The van der Waals surface area contributed by atoms with Gasteiger partial charge in [-0.25, -0.2) is 0 Å². The molecule has 0 amide bonds. The molecule has 0 atom stereocenters. The fourth-order valence-electron chi connectivity index (χ4n) is 2.20. The van der Waals surface area contributed by atoms with Crippen molar-refractivity contribution < 1.29 is 9.47 Å². The summed E-state index contributed by atoms with van der Waals surface area (Å²) in [5, 5.41) is 11.4. The summed E-state index contributed by atoms with van der Waals surface area (Å²) in [6.45, 7) is 9.50. The summed E-state index contributed by atoms with van der Waals surface area (Å²) in [6.07, 6.45) is 3.54. The van der Waals surface area contributed by atoms with Gasteiger partial charge in [0.15, 0.2) is 17.3 Å². The molecular formula is C18H26N4O2S. The molecule has 2 aromatic rings. The molecule has 0 radical (unpaired) electrons. The zero-order chi connectivity index (χ0) is 18.2. The van der Waals surface area contributed by atoms with Crippen molar-refractivity contribution in [2.45, 2.75) is 40.5 Å². The van der Waals surface area contributed by atoms with Crippen molar-refractivity contribution in [2.24, 2.45) is 11.0 Å². The third kappa shape index (κ3) is 5.42. The molecule has 0 bridgehead atoms. The van der Waals surface area contributed by atoms with Gasteiger partial charge in [0.05, 0.1) is 19.4 Å². The molecule has 0 fully saturated rings. The molecular weight excluding hydrogens is 336 g/mol. The number of nitrogens with one attached hydrogen (secondary N) is 1. The van der Waals surface area contributed by atoms with Gasteiger partial charge in [0.1, 0.15) is 0 Å². The fraction of sp³-hybridized carbons (Fsp3) is 0.500. The molecule has 1 aromatic carbocycles. The third-order valence-corrected chi connectivity index (χ3v) is 3.62. The highest BCUT2D eigenvalue weighted by Crippen LogP contribution is 2.28. The van der Waals surface area contributed by atoms with Crippen molar-refractivity contribution in [2.75, 3.05) is 13.2 Å². The first kappa shape index (κ1) is 19.2. The fourth-order valence-corrected chi connectivity index (χ4v) is 2.40. The molecule has 6 nitrogen and oxygen atoms in total. The molecule has 0 unspecified atom stereocenters. The lowest BCUT2D eigenvalue weighted by molar-refractivity contribution is 0.248. The van der Waals surface area contributed by atoms with Crippen LogP contribution in [0.4, 0.5) is 0 Å². The summed E-state index contributed by atoms with van der Waals surface area (Å²) in [7, 11) is 0. The van der Waals surface area contributed by atoms with Crippen LogP contribution < -0.4 is 9.47 Å². The van der Waals surface area contributed by atoms with E-state index in [1.165, 1.54) is 0 Å². The molecule has 0 saturated heterocycles. The monoisotopic (exact) mass is 362 g/mol. The third-order valence-electron chi connectivity index (χ3n) is 3.35. The Labute approximate surface area is 153 Å². The van der Waals surface area contributed by atoms with Gasteiger partial charge in [-0.3, -0.25) is 5.10 Å². The Kier molecular flexibility index (Phi) is 7.18. The summed E-state index contributed by atoms with van der Waals surface area (Å²) in [4.78, 5) is 0. The van der Waals surface area contributed by atoms with Crippen molar-refractivity contribution in [1.29, 1.82) is 0 Å². The molecule has 0 spiro atoms. The Morgan fingerprint density at radius 2 is 2.08 bits per heavy atom. The van der Waals surface area contributed by atoms with Crippen LogP contribution in [0.15, 0.2) is 23.3 Å². The van der Waals surface area contributed by atoms with Crippen LogP contribution in [0.1, 0.15) is 45.5 Å². The highest BCUT2D eigenvalue weighted by atomic mass is 32.1. The van der Waals surface area contributed by atoms with E-state index in [2.05, 4.69) is 36.1 Å². The molecule has 7 heteroatoms. The van der Waals surface area contributed by atoms with E-state index in [4.69, 9.17) is 21.7 Å². The Balaban J connectivity index is 2.23. The average Bonchev–Trinajstić information content (AvgIpc) is 2.92. The number of nitrogens with zero attached hydrogens (tertiary/aromatic N) is 3. The first-order valence-corrected chi connectivity index (χ1v) is 9.06. The molecule has 25 heavy (non-hydrogen) atoms. The first-order valence-electron chi connectivity index (χ1n) is 8.65. The summed E-state index contributed by atoms with van der Waals surface area (Å²) in [5.74, 6) is 2.75. The van der Waals surface area contributed by atoms with Crippen molar-refractivity contribution >= 4 is 18.4 Å². The van der Waals surface area contributed by atoms with Crippen molar-refractivity contribution in [3.63, 3.8) is 0 Å². The second kappa shape index (κ2) is 9.36. The molecule has 136 valence electrons. The van der Waals surface area contributed by atoms with E-state index in [-0.39, 0.29) is 0 Å². The van der Waals surface area contributed by atoms with Gasteiger partial charge in [-0.15, -0.1) is 0 Å². The van der Waals surface area contributed by atoms with E-state index < -0.39 is 0 Å². The quantitative estimate of drug-likeness (QED) is 0.536. The molecule has 1 heterocycles. The van der Waals surface area contributed by atoms with Gasteiger partial charge < -0.3 is 9.47 Å². The van der Waals surface area contributed by atoms with Crippen molar-refractivity contribution in [3.8, 4) is 11.5 Å². The van der Waals surface area contributed by atoms with Crippen molar-refractivity contribution in [1.82, 2.24) is 14.9 Å². The van der Waals surface area contributed by atoms with Crippen LogP contribution in [-0.2, 0) is 6.42 Å². The zero-order valence-electron chi connectivity index (χ0n) is 15.3. The van der Waals surface area contributed by atoms with Crippen LogP contribution in [0.2, 0.25) is 0 Å². The summed E-state index contributed by atoms with van der Waals surface area (Å²) in [5.41, 5.74) is 0.908. The van der Waals surface area contributed by atoms with Gasteiger partial charge in [-0.1, -0.05) is 20.8 Å². The number of aromatic amines is 1. The minimum atomic E-state index is 0.454. The maximum atomic E-state index is 5.82. The number of aromatic nitrogens is 3. The predicted molar refractivity (Wildman–Crippen MR) is 102 cm³/mol. The second-order valence-corrected chi connectivity index (χ2v) is 6.48. The minimum Gasteiger partial charge on any atom is -0.490 e. The normalized spacial score (nSPS) is 11.4. The van der Waals surface area contributed by atoms with E-state index in [9.17, 15) is 0 Å². The molecule has 0 aliphatic rings. The Morgan fingerprint density at radius 3 is 2.76 bits per heavy atom. The van der Waals surface area contributed by atoms with Gasteiger partial charge in [0, 0.05) is 6.42 Å². The van der Waals surface area contributed by atoms with Crippen LogP contribution in [0.5, 0.6) is 11.5 Å². The average molecular weight is 362 g/mol. The number of hydrogen-bond acceptors (Lipinski definition) is 5. The lowest BCUT2D eigenvalue weighted by Crippen LogP contribution is -2.06. The summed E-state index contributed by atoms with van der Waals surface area (Å²) >= 11 is 5.24. The van der Waals surface area contributed by atoms with E-state index in [0.29, 0.717) is 23.9 Å². The standard InChI is InChI=1S/C18H26N4O2S/c1-5-7-17-20-21-18(25)22(17)19-11-14-8-9-15(24-12-13(3)4)16(10-14)23-6-2/h8-11,13H,5-7,12H2,1-4H3,(H,21,25)/b19-11-. The maximum Gasteiger partial charge on any atom is 0.216 e. The van der Waals surface area contributed by atoms with Crippen molar-refractivity contribution in [3.05, 3.63) is 34.4 Å². The molecule has 2 rings (SSSR count). The number of benzene rings is 1. The van der Waals surface area contributed by atoms with Crippen LogP contribution >= 0.6 is 12.2 Å². The molecule has 0 saturated carbocycles. The smallest absolute Gasteiger partial charge is 0.216 e. The van der Waals surface area contributed by atoms with Crippen LogP contribution in [0.3, 0.4) is 0 Å². The number of rotatable bonds is 9. The van der Waals surface area contributed by atoms with E-state index >= 15 is 0 Å². The lowest BCUT2D eigenvalue weighted by atomic mass is 10.2. The van der Waals surface area contributed by atoms with Crippen LogP contribution in [0.25, 0.3) is 0 Å². The van der Waals surface area contributed by atoms with E-state index in [0.717, 1.165) is 35.7 Å². The number of H-pyrrole nitrogens is 1. The Morgan fingerprint density at radius 1 is 1.28 bits per heavy atom. The van der Waals surface area contributed by atoms with Gasteiger partial charge in [0.2, 0.25) is 4.77 Å². The van der Waals surface area contributed by atoms with Gasteiger partial charge >= 0.3 is 0 Å². The zero-order valence-corrected chi connectivity index (χ0v) is 16.1. The number of ether oxygens (including phenoxy) is 2. The number of aryl methyl sites for hydroxylation is 1.